The van der Waals surface area contributed by atoms with Gasteiger partial charge >= 0.3 is 44.8 Å². The van der Waals surface area contributed by atoms with Gasteiger partial charge in [-0.2, -0.15) is 43.5 Å². The van der Waals surface area contributed by atoms with Gasteiger partial charge in [-0.25, -0.2) is 5.26 Å². The molecule has 166 valence electrons. The first-order valence-electron chi connectivity index (χ1n) is 5.88. The van der Waals surface area contributed by atoms with E-state index >= 15 is 0 Å². The molecule has 0 spiro atoms. The quantitative estimate of drug-likeness (QED) is 0.113. The Balaban J connectivity index is 4.86. The van der Waals surface area contributed by atoms with Crippen LogP contribution in [0.4, 0.5) is 35.1 Å². The summed E-state index contributed by atoms with van der Waals surface area (Å²) in [5.41, 5.74) is 0. The van der Waals surface area contributed by atoms with Crippen molar-refractivity contribution in [1.29, 1.82) is 0 Å². The standard InChI is InChI=1S/C8H6F8O10S2/c9-5(10,7(13,14)27-26-25-19)23-3(17)1-2-4(18)24-6(11,12)8(15,16)28(20,21)22/h19H,1-2H2,(H,20,21,22). The normalized spacial score (nSPS) is 13.9. The van der Waals surface area contributed by atoms with Crippen molar-refractivity contribution >= 4 is 34.1 Å². The van der Waals surface area contributed by atoms with Gasteiger partial charge in [0.25, 0.3) is 0 Å². The van der Waals surface area contributed by atoms with E-state index in [1.807, 2.05) is 0 Å². The van der Waals surface area contributed by atoms with Crippen LogP contribution in [0.1, 0.15) is 12.8 Å². The lowest BCUT2D eigenvalue weighted by Crippen LogP contribution is -2.49. The van der Waals surface area contributed by atoms with Crippen molar-refractivity contribution < 1.29 is 81.8 Å². The number of hydrogen-bond acceptors (Lipinski definition) is 10. The first-order valence-corrected chi connectivity index (χ1v) is 8.07. The molecule has 0 radical (unpaired) electrons. The van der Waals surface area contributed by atoms with Crippen molar-refractivity contribution in [3.05, 3.63) is 0 Å². The predicted octanol–water partition coefficient (Wildman–Crippen LogP) is 2.18. The van der Waals surface area contributed by atoms with Crippen molar-refractivity contribution in [2.45, 2.75) is 35.6 Å². The Bertz CT molecular complexity index is 681. The van der Waals surface area contributed by atoms with Crippen LogP contribution in [0.3, 0.4) is 0 Å². The summed E-state index contributed by atoms with van der Waals surface area (Å²) in [5.74, 6) is -4.83. The molecule has 0 aromatic heterocycles. The van der Waals surface area contributed by atoms with Crippen molar-refractivity contribution in [3.63, 3.8) is 0 Å². The molecule has 0 bridgehead atoms. The number of ether oxygens (including phenoxy) is 2. The SMILES string of the molecule is O=C(CCC(=O)OC(F)(F)C(F)(F)S(=O)(=O)O)OC(F)(F)C(F)(F)SOOO. The largest absolute Gasteiger partial charge is 0.485 e. The summed E-state index contributed by atoms with van der Waals surface area (Å²) in [6.07, 6.45) is -15.2. The second-order valence-electron chi connectivity index (χ2n) is 4.22. The molecule has 0 aromatic rings. The summed E-state index contributed by atoms with van der Waals surface area (Å²) in [4.78, 5) is 21.9. The predicted molar refractivity (Wildman–Crippen MR) is 65.1 cm³/mol. The highest BCUT2D eigenvalue weighted by molar-refractivity contribution is 7.95. The lowest BCUT2D eigenvalue weighted by Gasteiger charge is -2.23. The molecule has 2 N–H and O–H groups in total. The lowest BCUT2D eigenvalue weighted by atomic mass is 10.3. The van der Waals surface area contributed by atoms with Crippen LogP contribution in [0.25, 0.3) is 0 Å². The molecule has 0 aliphatic rings. The van der Waals surface area contributed by atoms with E-state index in [1.54, 1.807) is 0 Å². The van der Waals surface area contributed by atoms with Gasteiger partial charge in [-0.15, -0.1) is 4.33 Å². The molecule has 0 rings (SSSR count). The molecule has 0 saturated carbocycles. The van der Waals surface area contributed by atoms with Crippen molar-refractivity contribution in [2.24, 2.45) is 0 Å². The summed E-state index contributed by atoms with van der Waals surface area (Å²) in [6.45, 7) is 0. The van der Waals surface area contributed by atoms with Crippen molar-refractivity contribution in [2.75, 3.05) is 0 Å². The summed E-state index contributed by atoms with van der Waals surface area (Å²) in [6, 6.07) is 0. The Kier molecular flexibility index (Phi) is 8.43. The minimum absolute atomic E-state index is 1.52. The molecule has 0 aliphatic carbocycles. The third kappa shape index (κ3) is 6.55. The second kappa shape index (κ2) is 8.90. The second-order valence-corrected chi connectivity index (χ2v) is 6.49. The first kappa shape index (κ1) is 26.5. The number of alkyl halides is 8. The van der Waals surface area contributed by atoms with Crippen LogP contribution in [-0.2, 0) is 38.6 Å². The molecule has 0 unspecified atom stereocenters. The van der Waals surface area contributed by atoms with Crippen molar-refractivity contribution in [1.82, 2.24) is 0 Å². The van der Waals surface area contributed by atoms with E-state index < -0.39 is 69.7 Å². The average Bonchev–Trinajstić information content (AvgIpc) is 2.48. The third-order valence-electron chi connectivity index (χ3n) is 2.19. The zero-order valence-corrected chi connectivity index (χ0v) is 14.0. The highest BCUT2D eigenvalue weighted by Crippen LogP contribution is 2.44. The molecular formula is C8H6F8O10S2. The lowest BCUT2D eigenvalue weighted by molar-refractivity contribution is -0.435. The number of carbonyl (C=O) groups is 2. The maximum atomic E-state index is 13.0. The third-order valence-corrected chi connectivity index (χ3v) is 3.65. The zero-order valence-electron chi connectivity index (χ0n) is 12.4. The molecule has 28 heavy (non-hydrogen) atoms. The maximum Gasteiger partial charge on any atom is 0.485 e. The molecular weight excluding hydrogens is 472 g/mol. The number of halogens is 8. The Labute approximate surface area is 152 Å². The highest BCUT2D eigenvalue weighted by Gasteiger charge is 2.69. The molecule has 0 heterocycles. The molecule has 20 heteroatoms. The molecule has 0 saturated heterocycles. The van der Waals surface area contributed by atoms with Gasteiger partial charge in [0.05, 0.1) is 12.8 Å². The first-order chi connectivity index (χ1) is 12.3. The van der Waals surface area contributed by atoms with Gasteiger partial charge in [-0.3, -0.25) is 14.1 Å². The molecule has 0 aliphatic heterocycles. The van der Waals surface area contributed by atoms with Crippen LogP contribution in [-0.4, -0.2) is 52.9 Å². The highest BCUT2D eigenvalue weighted by atomic mass is 32.2. The van der Waals surface area contributed by atoms with Crippen LogP contribution in [0.2, 0.25) is 0 Å². The van der Waals surface area contributed by atoms with Crippen molar-refractivity contribution in [3.8, 4) is 0 Å². The van der Waals surface area contributed by atoms with E-state index in [1.165, 1.54) is 0 Å². The zero-order chi connectivity index (χ0) is 22.6. The fourth-order valence-electron chi connectivity index (χ4n) is 0.968. The number of carbonyl (C=O) groups excluding carboxylic acids is 2. The smallest absolute Gasteiger partial charge is 0.395 e. The number of hydrogen-bond donors (Lipinski definition) is 2. The van der Waals surface area contributed by atoms with E-state index in [0.717, 1.165) is 0 Å². The van der Waals surface area contributed by atoms with E-state index in [-0.39, 0.29) is 0 Å². The molecule has 10 nitrogen and oxygen atoms in total. The average molecular weight is 478 g/mol. The van der Waals surface area contributed by atoms with Crippen LogP contribution >= 0.6 is 12.0 Å². The van der Waals surface area contributed by atoms with Gasteiger partial charge in [0.2, 0.25) is 0 Å². The summed E-state index contributed by atoms with van der Waals surface area (Å²) in [7, 11) is -6.76. The van der Waals surface area contributed by atoms with Gasteiger partial charge in [-0.1, -0.05) is 5.04 Å². The minimum Gasteiger partial charge on any atom is -0.395 e. The summed E-state index contributed by atoms with van der Waals surface area (Å²) >= 11 is -1.52. The Hall–Kier alpha value is -1.48. The van der Waals surface area contributed by atoms with Gasteiger partial charge < -0.3 is 9.47 Å². The van der Waals surface area contributed by atoms with Crippen LogP contribution in [0.5, 0.6) is 0 Å². The van der Waals surface area contributed by atoms with E-state index in [9.17, 15) is 53.1 Å². The summed E-state index contributed by atoms with van der Waals surface area (Å²) in [5, 5.41) is -1.49. The van der Waals surface area contributed by atoms with Crippen LogP contribution < -0.4 is 0 Å². The maximum absolute atomic E-state index is 13.0. The minimum atomic E-state index is -6.76. The summed E-state index contributed by atoms with van der Waals surface area (Å²) < 4.78 is 140. The molecule has 0 fully saturated rings. The monoisotopic (exact) mass is 478 g/mol. The van der Waals surface area contributed by atoms with Gasteiger partial charge in [0.15, 0.2) is 0 Å². The molecule has 0 atom stereocenters. The molecule has 0 amide bonds. The fraction of sp³-hybridized carbons (Fsp3) is 0.750. The van der Waals surface area contributed by atoms with E-state index in [2.05, 4.69) is 18.8 Å². The van der Waals surface area contributed by atoms with E-state index in [4.69, 9.17) is 9.81 Å². The Morgan fingerprint density at radius 3 is 1.61 bits per heavy atom. The topological polar surface area (TPSA) is 146 Å². The van der Waals surface area contributed by atoms with Crippen LogP contribution in [0.15, 0.2) is 0 Å². The molecule has 0 aromatic carbocycles. The Morgan fingerprint density at radius 1 is 0.857 bits per heavy atom. The van der Waals surface area contributed by atoms with Gasteiger partial charge in [-0.05, 0) is 0 Å². The van der Waals surface area contributed by atoms with Gasteiger partial charge in [0, 0.05) is 0 Å². The van der Waals surface area contributed by atoms with Crippen LogP contribution in [0, 0.1) is 0 Å². The van der Waals surface area contributed by atoms with E-state index in [0.29, 0.717) is 0 Å². The number of esters is 2. The Morgan fingerprint density at radius 2 is 1.25 bits per heavy atom. The van der Waals surface area contributed by atoms with Gasteiger partial charge in [0.1, 0.15) is 12.0 Å². The number of rotatable bonds is 11. The fourth-order valence-corrected chi connectivity index (χ4v) is 1.56.